The number of carbonyl (C=O) groups is 1. The lowest BCUT2D eigenvalue weighted by molar-refractivity contribution is -0.137. The monoisotopic (exact) mass is 279 g/mol. The second-order valence-corrected chi connectivity index (χ2v) is 5.92. The minimum absolute atomic E-state index is 0.0914. The van der Waals surface area contributed by atoms with Crippen molar-refractivity contribution in [1.82, 2.24) is 4.90 Å². The normalized spacial score (nSPS) is 13.8. The van der Waals surface area contributed by atoms with Gasteiger partial charge in [0.2, 0.25) is 6.79 Å². The highest BCUT2D eigenvalue weighted by Crippen LogP contribution is 2.33. The number of hydrogen-bond donors (Lipinski definition) is 1. The Morgan fingerprint density at radius 3 is 2.65 bits per heavy atom. The minimum atomic E-state index is -0.773. The van der Waals surface area contributed by atoms with Gasteiger partial charge < -0.3 is 14.6 Å². The lowest BCUT2D eigenvalue weighted by atomic mass is 10.0. The molecule has 2 rings (SSSR count). The van der Waals surface area contributed by atoms with E-state index in [1.165, 1.54) is 0 Å². The van der Waals surface area contributed by atoms with Gasteiger partial charge in [-0.2, -0.15) is 0 Å². The average Bonchev–Trinajstić information content (AvgIpc) is 2.79. The van der Waals surface area contributed by atoms with E-state index in [2.05, 4.69) is 25.7 Å². The largest absolute Gasteiger partial charge is 0.481 e. The van der Waals surface area contributed by atoms with Crippen LogP contribution in [0.4, 0.5) is 0 Å². The van der Waals surface area contributed by atoms with Crippen LogP contribution in [0.3, 0.4) is 0 Å². The van der Waals surface area contributed by atoms with Crippen LogP contribution in [0.15, 0.2) is 18.2 Å². The van der Waals surface area contributed by atoms with E-state index in [0.717, 1.165) is 17.1 Å². The van der Waals surface area contributed by atoms with E-state index in [1.54, 1.807) is 0 Å². The molecule has 0 amide bonds. The number of rotatable bonds is 5. The highest BCUT2D eigenvalue weighted by molar-refractivity contribution is 5.66. The van der Waals surface area contributed by atoms with Crippen LogP contribution in [-0.4, -0.2) is 34.9 Å². The Morgan fingerprint density at radius 1 is 1.30 bits per heavy atom. The Hall–Kier alpha value is -1.75. The molecule has 1 heterocycles. The summed E-state index contributed by atoms with van der Waals surface area (Å²) in [4.78, 5) is 12.9. The third-order valence-corrected chi connectivity index (χ3v) is 3.35. The van der Waals surface area contributed by atoms with Crippen molar-refractivity contribution in [2.45, 2.75) is 39.3 Å². The SMILES string of the molecule is CC(C)(C)N(CCC(=O)O)Cc1ccc2c(c1)OCO2. The molecule has 0 aromatic heterocycles. The van der Waals surface area contributed by atoms with E-state index in [0.29, 0.717) is 13.1 Å². The van der Waals surface area contributed by atoms with Gasteiger partial charge in [0.25, 0.3) is 0 Å². The second-order valence-electron chi connectivity index (χ2n) is 5.92. The van der Waals surface area contributed by atoms with Crippen molar-refractivity contribution in [3.05, 3.63) is 23.8 Å². The van der Waals surface area contributed by atoms with Crippen LogP contribution in [-0.2, 0) is 11.3 Å². The molecule has 0 saturated carbocycles. The number of nitrogens with zero attached hydrogens (tertiary/aromatic N) is 1. The molecule has 0 aliphatic carbocycles. The Balaban J connectivity index is 2.09. The standard InChI is InChI=1S/C15H21NO4/c1-15(2,3)16(7-6-14(17)18)9-11-4-5-12-13(8-11)20-10-19-12/h4-5,8H,6-7,9-10H2,1-3H3,(H,17,18). The third kappa shape index (κ3) is 3.63. The molecule has 1 aliphatic heterocycles. The van der Waals surface area contributed by atoms with Crippen molar-refractivity contribution in [3.8, 4) is 11.5 Å². The summed E-state index contributed by atoms with van der Waals surface area (Å²) >= 11 is 0. The molecular weight excluding hydrogens is 258 g/mol. The van der Waals surface area contributed by atoms with Gasteiger partial charge >= 0.3 is 5.97 Å². The van der Waals surface area contributed by atoms with Gasteiger partial charge in [-0.1, -0.05) is 6.07 Å². The van der Waals surface area contributed by atoms with Crippen LogP contribution >= 0.6 is 0 Å². The summed E-state index contributed by atoms with van der Waals surface area (Å²) in [6.45, 7) is 7.73. The fourth-order valence-corrected chi connectivity index (χ4v) is 2.14. The minimum Gasteiger partial charge on any atom is -0.481 e. The van der Waals surface area contributed by atoms with Gasteiger partial charge in [-0.05, 0) is 38.5 Å². The summed E-state index contributed by atoms with van der Waals surface area (Å²) < 4.78 is 10.7. The number of hydrogen-bond acceptors (Lipinski definition) is 4. The number of fused-ring (bicyclic) bond motifs is 1. The molecule has 0 fully saturated rings. The summed E-state index contributed by atoms with van der Waals surface area (Å²) in [6, 6.07) is 5.85. The van der Waals surface area contributed by atoms with E-state index in [9.17, 15) is 4.79 Å². The lowest BCUT2D eigenvalue weighted by Gasteiger charge is -2.35. The predicted molar refractivity (Wildman–Crippen MR) is 75.0 cm³/mol. The molecule has 20 heavy (non-hydrogen) atoms. The van der Waals surface area contributed by atoms with Crippen LogP contribution in [0.1, 0.15) is 32.8 Å². The first kappa shape index (κ1) is 14.7. The van der Waals surface area contributed by atoms with Crippen LogP contribution in [0, 0.1) is 0 Å². The molecule has 5 heteroatoms. The first-order valence-electron chi connectivity index (χ1n) is 6.71. The van der Waals surface area contributed by atoms with Crippen LogP contribution in [0.2, 0.25) is 0 Å². The molecule has 0 radical (unpaired) electrons. The van der Waals surface area contributed by atoms with Crippen molar-refractivity contribution < 1.29 is 19.4 Å². The zero-order valence-electron chi connectivity index (χ0n) is 12.2. The highest BCUT2D eigenvalue weighted by atomic mass is 16.7. The molecule has 1 aliphatic rings. The molecule has 0 bridgehead atoms. The van der Waals surface area contributed by atoms with Gasteiger partial charge in [0.15, 0.2) is 11.5 Å². The summed E-state index contributed by atoms with van der Waals surface area (Å²) in [5.74, 6) is 0.751. The molecular formula is C15H21NO4. The van der Waals surface area contributed by atoms with Crippen molar-refractivity contribution in [2.75, 3.05) is 13.3 Å². The zero-order chi connectivity index (χ0) is 14.8. The fraction of sp³-hybridized carbons (Fsp3) is 0.533. The molecule has 1 aromatic rings. The highest BCUT2D eigenvalue weighted by Gasteiger charge is 2.23. The molecule has 110 valence electrons. The van der Waals surface area contributed by atoms with Crippen LogP contribution in [0.5, 0.6) is 11.5 Å². The summed E-state index contributed by atoms with van der Waals surface area (Å²) in [7, 11) is 0. The Kier molecular flexibility index (Phi) is 4.18. The van der Waals surface area contributed by atoms with Gasteiger partial charge in [-0.15, -0.1) is 0 Å². The van der Waals surface area contributed by atoms with Crippen molar-refractivity contribution >= 4 is 5.97 Å². The first-order valence-corrected chi connectivity index (χ1v) is 6.71. The molecule has 1 N–H and O–H groups in total. The van der Waals surface area contributed by atoms with Crippen molar-refractivity contribution in [3.63, 3.8) is 0 Å². The maximum absolute atomic E-state index is 10.8. The van der Waals surface area contributed by atoms with E-state index in [-0.39, 0.29) is 18.8 Å². The Bertz CT molecular complexity index is 493. The third-order valence-electron chi connectivity index (χ3n) is 3.35. The number of aliphatic carboxylic acids is 1. The van der Waals surface area contributed by atoms with E-state index < -0.39 is 5.97 Å². The smallest absolute Gasteiger partial charge is 0.304 e. The molecule has 5 nitrogen and oxygen atoms in total. The van der Waals surface area contributed by atoms with E-state index >= 15 is 0 Å². The molecule has 1 aromatic carbocycles. The average molecular weight is 279 g/mol. The zero-order valence-corrected chi connectivity index (χ0v) is 12.2. The Morgan fingerprint density at radius 2 is 2.00 bits per heavy atom. The first-order chi connectivity index (χ1) is 9.36. The second kappa shape index (κ2) is 5.71. The summed E-state index contributed by atoms with van der Waals surface area (Å²) in [5.41, 5.74) is 1.00. The van der Waals surface area contributed by atoms with E-state index in [4.69, 9.17) is 14.6 Å². The fourth-order valence-electron chi connectivity index (χ4n) is 2.14. The maximum atomic E-state index is 10.8. The van der Waals surface area contributed by atoms with Gasteiger partial charge in [0.05, 0.1) is 6.42 Å². The quantitative estimate of drug-likeness (QED) is 0.897. The Labute approximate surface area is 119 Å². The van der Waals surface area contributed by atoms with Crippen LogP contribution < -0.4 is 9.47 Å². The molecule has 0 atom stereocenters. The van der Waals surface area contributed by atoms with Crippen molar-refractivity contribution in [2.24, 2.45) is 0 Å². The molecule has 0 unspecified atom stereocenters. The van der Waals surface area contributed by atoms with Gasteiger partial charge in [-0.25, -0.2) is 0 Å². The summed E-state index contributed by atoms with van der Waals surface area (Å²) in [5, 5.41) is 8.86. The summed E-state index contributed by atoms with van der Waals surface area (Å²) in [6.07, 6.45) is 0.141. The topological polar surface area (TPSA) is 59.0 Å². The molecule has 0 spiro atoms. The number of carboxylic acid groups (broad SMARTS) is 1. The van der Waals surface area contributed by atoms with Gasteiger partial charge in [-0.3, -0.25) is 9.69 Å². The number of ether oxygens (including phenoxy) is 2. The van der Waals surface area contributed by atoms with Crippen LogP contribution in [0.25, 0.3) is 0 Å². The number of benzene rings is 1. The lowest BCUT2D eigenvalue weighted by Crippen LogP contribution is -2.41. The maximum Gasteiger partial charge on any atom is 0.304 e. The predicted octanol–water partition coefficient (Wildman–Crippen LogP) is 2.49. The van der Waals surface area contributed by atoms with E-state index in [1.807, 2.05) is 18.2 Å². The van der Waals surface area contributed by atoms with Crippen molar-refractivity contribution in [1.29, 1.82) is 0 Å². The van der Waals surface area contributed by atoms with Gasteiger partial charge in [0.1, 0.15) is 0 Å². The molecule has 0 saturated heterocycles. The number of carboxylic acids is 1. The van der Waals surface area contributed by atoms with Gasteiger partial charge in [0, 0.05) is 18.6 Å².